The number of carbonyl (C=O) groups excluding carboxylic acids is 2. The summed E-state index contributed by atoms with van der Waals surface area (Å²) in [7, 11) is -0.890. The third kappa shape index (κ3) is 4.93. The highest BCUT2D eigenvalue weighted by Crippen LogP contribution is 2.26. The van der Waals surface area contributed by atoms with Crippen LogP contribution in [0.1, 0.15) is 17.5 Å². The van der Waals surface area contributed by atoms with Gasteiger partial charge in [0.2, 0.25) is 21.8 Å². The molecule has 0 aliphatic carbocycles. The Bertz CT molecular complexity index is 1020. The molecule has 9 heteroatoms. The highest BCUT2D eigenvalue weighted by Gasteiger charge is 2.25. The monoisotopic (exact) mass is 417 g/mol. The molecule has 0 aromatic heterocycles. The first kappa shape index (κ1) is 20.8. The smallest absolute Gasteiger partial charge is 0.243 e. The maximum Gasteiger partial charge on any atom is 0.243 e. The van der Waals surface area contributed by atoms with Gasteiger partial charge in [0.25, 0.3) is 0 Å². The van der Waals surface area contributed by atoms with E-state index < -0.39 is 15.9 Å². The van der Waals surface area contributed by atoms with Gasteiger partial charge in [-0.05, 0) is 47.9 Å². The molecule has 1 aliphatic rings. The molecule has 1 heterocycles. The fourth-order valence-corrected chi connectivity index (χ4v) is 4.17. The molecular formula is C20H23N3O5S. The van der Waals surface area contributed by atoms with Gasteiger partial charge >= 0.3 is 0 Å². The molecule has 2 N–H and O–H groups in total. The minimum atomic E-state index is -3.83. The Morgan fingerprint density at radius 3 is 2.59 bits per heavy atom. The Labute approximate surface area is 169 Å². The predicted octanol–water partition coefficient (Wildman–Crippen LogP) is 1.52. The molecule has 0 fully saturated rings. The van der Waals surface area contributed by atoms with E-state index in [0.717, 1.165) is 21.2 Å². The summed E-state index contributed by atoms with van der Waals surface area (Å²) in [5.74, 6) is 0.228. The fourth-order valence-electron chi connectivity index (χ4n) is 2.99. The van der Waals surface area contributed by atoms with Crippen molar-refractivity contribution in [3.05, 3.63) is 53.6 Å². The lowest BCUT2D eigenvalue weighted by Crippen LogP contribution is -2.38. The topological polar surface area (TPSA) is 105 Å². The Kier molecular flexibility index (Phi) is 6.19. The molecular weight excluding hydrogens is 394 g/mol. The van der Waals surface area contributed by atoms with E-state index in [9.17, 15) is 18.0 Å². The number of aryl methyl sites for hydroxylation is 1. The maximum absolute atomic E-state index is 12.8. The van der Waals surface area contributed by atoms with Crippen molar-refractivity contribution in [2.75, 3.05) is 26.0 Å². The van der Waals surface area contributed by atoms with Crippen LogP contribution < -0.4 is 15.4 Å². The predicted molar refractivity (Wildman–Crippen MR) is 108 cm³/mol. The lowest BCUT2D eigenvalue weighted by Gasteiger charge is -2.20. The normalized spacial score (nSPS) is 13.6. The van der Waals surface area contributed by atoms with Crippen LogP contribution in [0.15, 0.2) is 47.4 Å². The van der Waals surface area contributed by atoms with Crippen molar-refractivity contribution in [2.45, 2.75) is 24.3 Å². The summed E-state index contributed by atoms with van der Waals surface area (Å²) in [5, 5.41) is 5.43. The lowest BCUT2D eigenvalue weighted by molar-refractivity contribution is -0.121. The van der Waals surface area contributed by atoms with Crippen LogP contribution in [0, 0.1) is 0 Å². The SMILES string of the molecule is COc1ccc(CNC(=O)CN(C)S(=O)(=O)c2ccc3c(c2)CCC(=O)N3)cc1. The van der Waals surface area contributed by atoms with Gasteiger partial charge in [-0.2, -0.15) is 4.31 Å². The van der Waals surface area contributed by atoms with Crippen molar-refractivity contribution < 1.29 is 22.7 Å². The molecule has 0 bridgehead atoms. The average molecular weight is 417 g/mol. The Morgan fingerprint density at radius 1 is 1.17 bits per heavy atom. The molecule has 0 spiro atoms. The van der Waals surface area contributed by atoms with E-state index in [0.29, 0.717) is 18.5 Å². The van der Waals surface area contributed by atoms with Crippen LogP contribution in [-0.4, -0.2) is 45.2 Å². The zero-order valence-corrected chi connectivity index (χ0v) is 17.1. The van der Waals surface area contributed by atoms with Crippen molar-refractivity contribution in [1.82, 2.24) is 9.62 Å². The summed E-state index contributed by atoms with van der Waals surface area (Å²) in [6.45, 7) is -0.0123. The number of nitrogens with one attached hydrogen (secondary N) is 2. The largest absolute Gasteiger partial charge is 0.497 e. The van der Waals surface area contributed by atoms with E-state index in [4.69, 9.17) is 4.74 Å². The van der Waals surface area contributed by atoms with Crippen LogP contribution in [0.4, 0.5) is 5.69 Å². The molecule has 0 saturated carbocycles. The first-order valence-electron chi connectivity index (χ1n) is 9.08. The van der Waals surface area contributed by atoms with Gasteiger partial charge in [-0.1, -0.05) is 12.1 Å². The fraction of sp³-hybridized carbons (Fsp3) is 0.300. The molecule has 154 valence electrons. The van der Waals surface area contributed by atoms with Crippen molar-refractivity contribution in [2.24, 2.45) is 0 Å². The van der Waals surface area contributed by atoms with Crippen molar-refractivity contribution in [1.29, 1.82) is 0 Å². The van der Waals surface area contributed by atoms with Crippen LogP contribution in [-0.2, 0) is 32.6 Å². The van der Waals surface area contributed by atoms with Gasteiger partial charge in [0.15, 0.2) is 0 Å². The molecule has 29 heavy (non-hydrogen) atoms. The number of rotatable bonds is 7. The van der Waals surface area contributed by atoms with E-state index in [1.54, 1.807) is 31.4 Å². The number of sulfonamides is 1. The number of amides is 2. The third-order valence-electron chi connectivity index (χ3n) is 4.70. The molecule has 8 nitrogen and oxygen atoms in total. The molecule has 0 atom stereocenters. The molecule has 0 radical (unpaired) electrons. The second kappa shape index (κ2) is 8.62. The van der Waals surface area contributed by atoms with Crippen LogP contribution in [0.2, 0.25) is 0 Å². The van der Waals surface area contributed by atoms with Crippen LogP contribution in [0.5, 0.6) is 5.75 Å². The molecule has 1 aliphatic heterocycles. The van der Waals surface area contributed by atoms with E-state index in [1.165, 1.54) is 13.1 Å². The second-order valence-corrected chi connectivity index (χ2v) is 8.80. The molecule has 0 unspecified atom stereocenters. The Morgan fingerprint density at radius 2 is 1.90 bits per heavy atom. The third-order valence-corrected chi connectivity index (χ3v) is 6.49. The summed E-state index contributed by atoms with van der Waals surface area (Å²) < 4.78 is 31.7. The number of ether oxygens (including phenoxy) is 1. The van der Waals surface area contributed by atoms with Crippen molar-refractivity contribution >= 4 is 27.5 Å². The zero-order chi connectivity index (χ0) is 21.0. The number of carbonyl (C=O) groups is 2. The first-order valence-corrected chi connectivity index (χ1v) is 10.5. The van der Waals surface area contributed by atoms with Crippen LogP contribution in [0.25, 0.3) is 0 Å². The minimum Gasteiger partial charge on any atom is -0.497 e. The molecule has 0 saturated heterocycles. The number of fused-ring (bicyclic) bond motifs is 1. The maximum atomic E-state index is 12.8. The number of methoxy groups -OCH3 is 1. The van der Waals surface area contributed by atoms with Gasteiger partial charge in [-0.15, -0.1) is 0 Å². The highest BCUT2D eigenvalue weighted by molar-refractivity contribution is 7.89. The highest BCUT2D eigenvalue weighted by atomic mass is 32.2. The van der Waals surface area contributed by atoms with E-state index >= 15 is 0 Å². The summed E-state index contributed by atoms with van der Waals surface area (Å²) >= 11 is 0. The molecule has 2 aromatic carbocycles. The van der Waals surface area contributed by atoms with E-state index in [-0.39, 0.29) is 23.9 Å². The van der Waals surface area contributed by atoms with Crippen molar-refractivity contribution in [3.8, 4) is 5.75 Å². The van der Waals surface area contributed by atoms with Gasteiger partial charge in [0.05, 0.1) is 18.6 Å². The zero-order valence-electron chi connectivity index (χ0n) is 16.3. The summed E-state index contributed by atoms with van der Waals surface area (Å²) in [4.78, 5) is 23.7. The number of hydrogen-bond donors (Lipinski definition) is 2. The summed E-state index contributed by atoms with van der Waals surface area (Å²) in [6.07, 6.45) is 0.802. The van der Waals surface area contributed by atoms with E-state index in [2.05, 4.69) is 10.6 Å². The van der Waals surface area contributed by atoms with Crippen molar-refractivity contribution in [3.63, 3.8) is 0 Å². The van der Waals surface area contributed by atoms with Gasteiger partial charge in [-0.3, -0.25) is 9.59 Å². The minimum absolute atomic E-state index is 0.0845. The van der Waals surface area contributed by atoms with Gasteiger partial charge < -0.3 is 15.4 Å². The quantitative estimate of drug-likeness (QED) is 0.711. The van der Waals surface area contributed by atoms with Gasteiger partial charge in [-0.25, -0.2) is 8.42 Å². The number of hydrogen-bond acceptors (Lipinski definition) is 5. The summed E-state index contributed by atoms with van der Waals surface area (Å²) in [6, 6.07) is 11.8. The number of anilines is 1. The number of nitrogens with zero attached hydrogens (tertiary/aromatic N) is 1. The average Bonchev–Trinajstić information content (AvgIpc) is 2.72. The molecule has 2 amide bonds. The van der Waals surface area contributed by atoms with Gasteiger partial charge in [0.1, 0.15) is 5.75 Å². The Hall–Kier alpha value is -2.91. The molecule has 2 aromatic rings. The Balaban J connectivity index is 1.62. The van der Waals surface area contributed by atoms with E-state index in [1.807, 2.05) is 12.1 Å². The second-order valence-electron chi connectivity index (χ2n) is 6.75. The molecule has 3 rings (SSSR count). The summed E-state index contributed by atoms with van der Waals surface area (Å²) in [5.41, 5.74) is 2.27. The number of likely N-dealkylation sites (N-methyl/N-ethyl adjacent to an activating group) is 1. The van der Waals surface area contributed by atoms with Crippen LogP contribution in [0.3, 0.4) is 0 Å². The van der Waals surface area contributed by atoms with Gasteiger partial charge in [0, 0.05) is 25.7 Å². The lowest BCUT2D eigenvalue weighted by atomic mass is 10.0. The first-order chi connectivity index (χ1) is 13.8. The standard InChI is InChI=1S/C20H23N3O5S/c1-23(13-20(25)21-12-14-3-6-16(28-2)7-4-14)29(26,27)17-8-9-18-15(11-17)5-10-19(24)22-18/h3-4,6-9,11H,5,10,12-13H2,1-2H3,(H,21,25)(H,22,24). The number of benzene rings is 2. The van der Waals surface area contributed by atoms with Crippen LogP contribution >= 0.6 is 0 Å².